The van der Waals surface area contributed by atoms with Crippen LogP contribution in [0.4, 0.5) is 5.69 Å². The van der Waals surface area contributed by atoms with Gasteiger partial charge in [0.2, 0.25) is 0 Å². The highest BCUT2D eigenvalue weighted by molar-refractivity contribution is 9.08. The molecule has 3 heteroatoms. The maximum atomic E-state index is 10.3. The molecule has 1 heterocycles. The van der Waals surface area contributed by atoms with Crippen molar-refractivity contribution in [3.63, 3.8) is 0 Å². The number of aliphatic hydroxyl groups is 1. The topological polar surface area (TPSA) is 32.3 Å². The Kier molecular flexibility index (Phi) is 12.4. The molecule has 0 amide bonds. The minimum Gasteiger partial charge on any atom is -0.388 e. The van der Waals surface area contributed by atoms with Gasteiger partial charge >= 0.3 is 0 Å². The number of hydrogen-bond acceptors (Lipinski definition) is 2. The maximum absolute atomic E-state index is 10.3. The van der Waals surface area contributed by atoms with Crippen LogP contribution < -0.4 is 5.32 Å². The SMILES string of the molecule is CBr.CC.CC.OC1Cc2ccccc2CNc2ccccc21. The summed E-state index contributed by atoms with van der Waals surface area (Å²) in [6, 6.07) is 16.2. The van der Waals surface area contributed by atoms with Crippen LogP contribution in [0.15, 0.2) is 48.5 Å². The van der Waals surface area contributed by atoms with Crippen molar-refractivity contribution in [2.24, 2.45) is 0 Å². The third-order valence-electron chi connectivity index (χ3n) is 3.32. The number of hydrogen-bond donors (Lipinski definition) is 2. The number of aliphatic hydroxyl groups excluding tert-OH is 1. The van der Waals surface area contributed by atoms with Crippen LogP contribution in [0, 0.1) is 0 Å². The average molecular weight is 380 g/mol. The van der Waals surface area contributed by atoms with E-state index in [2.05, 4.69) is 33.4 Å². The molecule has 2 nitrogen and oxygen atoms in total. The highest BCUT2D eigenvalue weighted by Gasteiger charge is 2.17. The lowest BCUT2D eigenvalue weighted by molar-refractivity contribution is 0.178. The number of rotatable bonds is 0. The molecule has 0 fully saturated rings. The van der Waals surface area contributed by atoms with E-state index in [4.69, 9.17) is 0 Å². The summed E-state index contributed by atoms with van der Waals surface area (Å²) in [6.45, 7) is 8.82. The second kappa shape index (κ2) is 13.1. The molecular formula is C20H30BrNO. The van der Waals surface area contributed by atoms with E-state index in [1.165, 1.54) is 11.1 Å². The first-order valence-corrected chi connectivity index (χ1v) is 9.88. The van der Waals surface area contributed by atoms with E-state index >= 15 is 0 Å². The molecule has 128 valence electrons. The van der Waals surface area contributed by atoms with Gasteiger partial charge in [-0.3, -0.25) is 0 Å². The predicted octanol–water partition coefficient (Wildman–Crippen LogP) is 5.95. The summed E-state index contributed by atoms with van der Waals surface area (Å²) >= 11 is 2.94. The lowest BCUT2D eigenvalue weighted by atomic mass is 9.94. The standard InChI is InChI=1S/C15H15NO.2C2H6.CH3Br/c17-15-9-11-5-1-2-6-12(11)10-16-14-8-4-3-7-13(14)15;3*1-2/h1-8,15-17H,9-10H2;2*1-2H3;1H3. The first kappa shape index (κ1) is 21.7. The molecule has 0 bridgehead atoms. The van der Waals surface area contributed by atoms with Crippen LogP contribution in [-0.4, -0.2) is 10.9 Å². The molecule has 2 aromatic rings. The van der Waals surface area contributed by atoms with E-state index in [1.54, 1.807) is 0 Å². The van der Waals surface area contributed by atoms with Crippen molar-refractivity contribution in [3.05, 3.63) is 65.2 Å². The van der Waals surface area contributed by atoms with E-state index in [9.17, 15) is 5.11 Å². The third kappa shape index (κ3) is 6.36. The van der Waals surface area contributed by atoms with Crippen molar-refractivity contribution in [1.29, 1.82) is 0 Å². The smallest absolute Gasteiger partial charge is 0.0850 e. The first-order chi connectivity index (χ1) is 11.3. The summed E-state index contributed by atoms with van der Waals surface area (Å²) < 4.78 is 0. The molecule has 0 radical (unpaired) electrons. The van der Waals surface area contributed by atoms with Gasteiger partial charge in [-0.1, -0.05) is 86.1 Å². The molecule has 23 heavy (non-hydrogen) atoms. The summed E-state index contributed by atoms with van der Waals surface area (Å²) in [5.74, 6) is 1.81. The molecule has 0 saturated heterocycles. The summed E-state index contributed by atoms with van der Waals surface area (Å²) in [5.41, 5.74) is 4.51. The molecule has 1 unspecified atom stereocenters. The minimum absolute atomic E-state index is 0.430. The van der Waals surface area contributed by atoms with E-state index in [0.29, 0.717) is 6.42 Å². The molecule has 1 aliphatic heterocycles. The zero-order valence-corrected chi connectivity index (χ0v) is 16.5. The zero-order valence-electron chi connectivity index (χ0n) is 14.9. The van der Waals surface area contributed by atoms with Gasteiger partial charge in [0.1, 0.15) is 0 Å². The zero-order chi connectivity index (χ0) is 17.7. The van der Waals surface area contributed by atoms with Crippen molar-refractivity contribution in [1.82, 2.24) is 0 Å². The lowest BCUT2D eigenvalue weighted by Crippen LogP contribution is -2.13. The van der Waals surface area contributed by atoms with Gasteiger partial charge in [-0.2, -0.15) is 0 Å². The van der Waals surface area contributed by atoms with Crippen LogP contribution >= 0.6 is 15.9 Å². The summed E-state index contributed by atoms with van der Waals surface area (Å²) in [7, 11) is 0. The predicted molar refractivity (Wildman–Crippen MR) is 106 cm³/mol. The highest BCUT2D eigenvalue weighted by Crippen LogP contribution is 2.29. The Morgan fingerprint density at radius 2 is 1.39 bits per heavy atom. The van der Waals surface area contributed by atoms with Crippen LogP contribution in [0.2, 0.25) is 0 Å². The maximum Gasteiger partial charge on any atom is 0.0850 e. The Morgan fingerprint density at radius 1 is 0.870 bits per heavy atom. The number of nitrogens with one attached hydrogen (secondary N) is 1. The van der Waals surface area contributed by atoms with Crippen molar-refractivity contribution < 1.29 is 5.11 Å². The van der Waals surface area contributed by atoms with Crippen LogP contribution in [0.1, 0.15) is 50.5 Å². The molecule has 0 aromatic heterocycles. The van der Waals surface area contributed by atoms with E-state index in [0.717, 1.165) is 17.8 Å². The Hall–Kier alpha value is -1.32. The Labute approximate surface area is 150 Å². The van der Waals surface area contributed by atoms with Gasteiger partial charge < -0.3 is 10.4 Å². The number of halogens is 1. The second-order valence-corrected chi connectivity index (χ2v) is 4.43. The normalized spacial score (nSPS) is 14.3. The monoisotopic (exact) mass is 379 g/mol. The van der Waals surface area contributed by atoms with Crippen LogP contribution in [0.5, 0.6) is 0 Å². The van der Waals surface area contributed by atoms with Crippen molar-refractivity contribution in [2.75, 3.05) is 11.1 Å². The fourth-order valence-electron chi connectivity index (χ4n) is 2.39. The first-order valence-electron chi connectivity index (χ1n) is 8.30. The van der Waals surface area contributed by atoms with Gasteiger partial charge in [-0.05, 0) is 23.0 Å². The molecule has 1 atom stereocenters. The molecule has 0 spiro atoms. The van der Waals surface area contributed by atoms with Crippen molar-refractivity contribution in [2.45, 2.75) is 46.8 Å². The summed E-state index contributed by atoms with van der Waals surface area (Å²) in [6.07, 6.45) is 0.259. The fraction of sp³-hybridized carbons (Fsp3) is 0.400. The van der Waals surface area contributed by atoms with Gasteiger partial charge in [0.15, 0.2) is 0 Å². The van der Waals surface area contributed by atoms with Crippen LogP contribution in [0.3, 0.4) is 0 Å². The fourth-order valence-corrected chi connectivity index (χ4v) is 2.39. The molecule has 0 aliphatic carbocycles. The minimum atomic E-state index is -0.430. The van der Waals surface area contributed by atoms with E-state index in [1.807, 2.05) is 69.9 Å². The van der Waals surface area contributed by atoms with E-state index < -0.39 is 6.10 Å². The highest BCUT2D eigenvalue weighted by atomic mass is 79.9. The summed E-state index contributed by atoms with van der Waals surface area (Å²) in [5, 5.41) is 13.7. The Bertz CT molecular complexity index is 543. The molecular weight excluding hydrogens is 350 g/mol. The number of fused-ring (bicyclic) bond motifs is 2. The van der Waals surface area contributed by atoms with Crippen molar-refractivity contribution >= 4 is 21.6 Å². The quantitative estimate of drug-likeness (QED) is 0.554. The number of benzene rings is 2. The average Bonchev–Trinajstić information content (AvgIpc) is 2.65. The third-order valence-corrected chi connectivity index (χ3v) is 3.32. The van der Waals surface area contributed by atoms with E-state index in [-0.39, 0.29) is 0 Å². The summed E-state index contributed by atoms with van der Waals surface area (Å²) in [4.78, 5) is 0. The number of alkyl halides is 1. The Morgan fingerprint density at radius 3 is 2.04 bits per heavy atom. The van der Waals surface area contributed by atoms with Crippen LogP contribution in [-0.2, 0) is 13.0 Å². The van der Waals surface area contributed by atoms with Gasteiger partial charge in [-0.15, -0.1) is 0 Å². The molecule has 3 rings (SSSR count). The second-order valence-electron chi connectivity index (χ2n) is 4.43. The van der Waals surface area contributed by atoms with Gasteiger partial charge in [0.25, 0.3) is 0 Å². The van der Waals surface area contributed by atoms with Crippen molar-refractivity contribution in [3.8, 4) is 0 Å². The largest absolute Gasteiger partial charge is 0.388 e. The van der Waals surface area contributed by atoms with Crippen LogP contribution in [0.25, 0.3) is 0 Å². The Balaban J connectivity index is 0.000000728. The van der Waals surface area contributed by atoms with Gasteiger partial charge in [0.05, 0.1) is 6.10 Å². The van der Waals surface area contributed by atoms with Gasteiger partial charge in [0, 0.05) is 24.2 Å². The molecule has 1 aliphatic rings. The number of anilines is 1. The molecule has 2 aromatic carbocycles. The number of para-hydroxylation sites is 1. The molecule has 0 saturated carbocycles. The lowest BCUT2D eigenvalue weighted by Gasteiger charge is -2.22. The van der Waals surface area contributed by atoms with Gasteiger partial charge in [-0.25, -0.2) is 0 Å². The molecule has 2 N–H and O–H groups in total.